The normalized spacial score (nSPS) is 25.2. The van der Waals surface area contributed by atoms with E-state index in [1.165, 1.54) is 33.4 Å². The zero-order valence-electron chi connectivity index (χ0n) is 19.0. The third-order valence-corrected chi connectivity index (χ3v) is 8.04. The summed E-state index contributed by atoms with van der Waals surface area (Å²) in [6.45, 7) is 3.73. The monoisotopic (exact) mass is 439 g/mol. The van der Waals surface area contributed by atoms with Crippen molar-refractivity contribution in [3.63, 3.8) is 0 Å². The van der Waals surface area contributed by atoms with Gasteiger partial charge in [-0.05, 0) is 47.6 Å². The van der Waals surface area contributed by atoms with Crippen LogP contribution in [0.15, 0.2) is 72.8 Å². The molecule has 3 aromatic carbocycles. The van der Waals surface area contributed by atoms with E-state index in [1.54, 1.807) is 0 Å². The van der Waals surface area contributed by atoms with E-state index in [1.807, 2.05) is 17.0 Å². The highest BCUT2D eigenvalue weighted by Crippen LogP contribution is 2.59. The van der Waals surface area contributed by atoms with Crippen LogP contribution >= 0.6 is 0 Å². The number of aliphatic hydroxyl groups excluding tert-OH is 1. The van der Waals surface area contributed by atoms with Crippen molar-refractivity contribution in [3.05, 3.63) is 95.1 Å². The van der Waals surface area contributed by atoms with E-state index in [9.17, 15) is 9.90 Å². The fourth-order valence-corrected chi connectivity index (χ4v) is 6.61. The highest BCUT2D eigenvalue weighted by molar-refractivity contribution is 5.79. The zero-order valence-corrected chi connectivity index (χ0v) is 19.0. The number of piperidine rings is 2. The Balaban J connectivity index is 1.21. The molecule has 1 N–H and O–H groups in total. The van der Waals surface area contributed by atoms with Gasteiger partial charge in [0, 0.05) is 29.8 Å². The highest BCUT2D eigenvalue weighted by Gasteiger charge is 2.61. The minimum absolute atomic E-state index is 0.0542. The number of hydrogen-bond acceptors (Lipinski definition) is 3. The molecule has 0 radical (unpaired) electrons. The fraction of sp³-hybridized carbons (Fsp3) is 0.345. The molecular weight excluding hydrogens is 410 g/mol. The van der Waals surface area contributed by atoms with Crippen molar-refractivity contribution in [1.82, 2.24) is 4.90 Å². The summed E-state index contributed by atoms with van der Waals surface area (Å²) in [5.74, 6) is 0.0542. The number of carbonyl (C=O) groups excluding carboxylic acids is 1. The molecule has 4 nitrogen and oxygen atoms in total. The third-order valence-electron chi connectivity index (χ3n) is 8.04. The predicted molar refractivity (Wildman–Crippen MR) is 128 cm³/mol. The Morgan fingerprint density at radius 3 is 2.15 bits per heavy atom. The number of rotatable bonds is 4. The molecule has 0 atom stereocenters. The summed E-state index contributed by atoms with van der Waals surface area (Å²) in [6, 6.07) is 25.4. The van der Waals surface area contributed by atoms with Crippen molar-refractivity contribution in [2.24, 2.45) is 5.41 Å². The summed E-state index contributed by atoms with van der Waals surface area (Å²) in [5, 5.41) is 10.1. The Labute approximate surface area is 194 Å². The standard InChI is InChI=1S/C29H29NO3/c1-20-10-12-21(13-11-20)29-15-28(16-29,19-31)17-30(18-29)27(32)33-14-26-24-8-4-2-6-22(24)23-7-3-5-9-25(23)26/h2-13,26,31H,14-19H2,1H3. The number of nitrogens with zero attached hydrogens (tertiary/aromatic N) is 1. The lowest BCUT2D eigenvalue weighted by atomic mass is 9.48. The Kier molecular flexibility index (Phi) is 4.63. The molecule has 3 fully saturated rings. The second-order valence-corrected chi connectivity index (χ2v) is 10.3. The molecule has 4 heteroatoms. The molecular formula is C29H29NO3. The van der Waals surface area contributed by atoms with E-state index in [0.29, 0.717) is 19.7 Å². The maximum Gasteiger partial charge on any atom is 0.409 e. The van der Waals surface area contributed by atoms with E-state index in [2.05, 4.69) is 67.6 Å². The van der Waals surface area contributed by atoms with Gasteiger partial charge in [0.05, 0.1) is 6.61 Å². The van der Waals surface area contributed by atoms with Crippen molar-refractivity contribution in [1.29, 1.82) is 0 Å². The van der Waals surface area contributed by atoms with E-state index in [4.69, 9.17) is 4.74 Å². The summed E-state index contributed by atoms with van der Waals surface area (Å²) in [4.78, 5) is 15.1. The van der Waals surface area contributed by atoms with E-state index in [0.717, 1.165) is 12.8 Å². The van der Waals surface area contributed by atoms with Crippen LogP contribution < -0.4 is 0 Å². The van der Waals surface area contributed by atoms with Crippen molar-refractivity contribution >= 4 is 6.09 Å². The van der Waals surface area contributed by atoms with E-state index < -0.39 is 0 Å². The van der Waals surface area contributed by atoms with Gasteiger partial charge in [-0.1, -0.05) is 78.4 Å². The summed E-state index contributed by atoms with van der Waals surface area (Å²) >= 11 is 0. The number of ether oxygens (including phenoxy) is 1. The molecule has 2 aliphatic carbocycles. The van der Waals surface area contributed by atoms with Gasteiger partial charge in [0.2, 0.25) is 0 Å². The quantitative estimate of drug-likeness (QED) is 0.603. The number of benzene rings is 3. The van der Waals surface area contributed by atoms with Crippen LogP contribution in [0.25, 0.3) is 11.1 Å². The summed E-state index contributed by atoms with van der Waals surface area (Å²) < 4.78 is 5.94. The molecule has 2 saturated heterocycles. The van der Waals surface area contributed by atoms with Gasteiger partial charge in [-0.2, -0.15) is 0 Å². The van der Waals surface area contributed by atoms with Crippen LogP contribution in [0.1, 0.15) is 41.0 Å². The molecule has 0 unspecified atom stereocenters. The van der Waals surface area contributed by atoms with Gasteiger partial charge in [0.1, 0.15) is 6.61 Å². The molecule has 3 aromatic rings. The van der Waals surface area contributed by atoms with Gasteiger partial charge in [-0.3, -0.25) is 0 Å². The maximum absolute atomic E-state index is 13.3. The van der Waals surface area contributed by atoms with Crippen LogP contribution in [-0.2, 0) is 10.2 Å². The van der Waals surface area contributed by atoms with Gasteiger partial charge < -0.3 is 14.7 Å². The Morgan fingerprint density at radius 2 is 1.55 bits per heavy atom. The van der Waals surface area contributed by atoms with E-state index >= 15 is 0 Å². The SMILES string of the molecule is Cc1ccc(C23CN(C(=O)OCC4c5ccccc5-c5ccccc54)CC(CO)(C2)C3)cc1. The van der Waals surface area contributed by atoms with Crippen molar-refractivity contribution in [2.45, 2.75) is 31.1 Å². The highest BCUT2D eigenvalue weighted by atomic mass is 16.6. The van der Waals surface area contributed by atoms with E-state index in [-0.39, 0.29) is 29.4 Å². The Morgan fingerprint density at radius 1 is 0.939 bits per heavy atom. The predicted octanol–water partition coefficient (Wildman–Crippen LogP) is 5.27. The molecule has 0 aromatic heterocycles. The molecule has 33 heavy (non-hydrogen) atoms. The number of hydrogen-bond donors (Lipinski definition) is 1. The lowest BCUT2D eigenvalue weighted by Gasteiger charge is -2.63. The van der Waals surface area contributed by atoms with Crippen molar-refractivity contribution in [3.8, 4) is 11.1 Å². The average molecular weight is 440 g/mol. The smallest absolute Gasteiger partial charge is 0.409 e. The Bertz CT molecular complexity index is 1160. The first-order chi connectivity index (χ1) is 16.0. The van der Waals surface area contributed by atoms with Crippen LogP contribution in [0.3, 0.4) is 0 Å². The summed E-state index contributed by atoms with van der Waals surface area (Å²) in [6.07, 6.45) is 1.57. The second-order valence-electron chi connectivity index (χ2n) is 10.3. The molecule has 168 valence electrons. The van der Waals surface area contributed by atoms with Crippen molar-refractivity contribution in [2.75, 3.05) is 26.3 Å². The van der Waals surface area contributed by atoms with Crippen LogP contribution in [-0.4, -0.2) is 42.4 Å². The minimum atomic E-state index is -0.273. The van der Waals surface area contributed by atoms with Gasteiger partial charge in [-0.15, -0.1) is 0 Å². The molecule has 2 aliphatic heterocycles. The molecule has 4 aliphatic rings. The summed E-state index contributed by atoms with van der Waals surface area (Å²) in [7, 11) is 0. The summed E-state index contributed by atoms with van der Waals surface area (Å²) in [5.41, 5.74) is 7.08. The number of aliphatic hydroxyl groups is 1. The molecule has 1 amide bonds. The molecule has 2 bridgehead atoms. The number of amides is 1. The molecule has 7 rings (SSSR count). The third kappa shape index (κ3) is 3.19. The van der Waals surface area contributed by atoms with Gasteiger partial charge >= 0.3 is 6.09 Å². The molecule has 2 heterocycles. The van der Waals surface area contributed by atoms with Gasteiger partial charge in [0.25, 0.3) is 0 Å². The second kappa shape index (κ2) is 7.46. The van der Waals surface area contributed by atoms with Crippen LogP contribution in [0.2, 0.25) is 0 Å². The first-order valence-electron chi connectivity index (χ1n) is 11.8. The van der Waals surface area contributed by atoms with Crippen molar-refractivity contribution < 1.29 is 14.6 Å². The first kappa shape index (κ1) is 20.5. The lowest BCUT2D eigenvalue weighted by Crippen LogP contribution is -2.67. The Hall–Kier alpha value is -3.11. The average Bonchev–Trinajstić information content (AvgIpc) is 3.16. The van der Waals surface area contributed by atoms with Crippen LogP contribution in [0, 0.1) is 12.3 Å². The molecule has 1 saturated carbocycles. The largest absolute Gasteiger partial charge is 0.448 e. The van der Waals surface area contributed by atoms with Crippen LogP contribution in [0.4, 0.5) is 4.79 Å². The van der Waals surface area contributed by atoms with Gasteiger partial charge in [-0.25, -0.2) is 4.79 Å². The van der Waals surface area contributed by atoms with Gasteiger partial charge in [0.15, 0.2) is 0 Å². The number of fused-ring (bicyclic) bond motifs is 5. The maximum atomic E-state index is 13.3. The van der Waals surface area contributed by atoms with Crippen LogP contribution in [0.5, 0.6) is 0 Å². The number of carbonyl (C=O) groups is 1. The topological polar surface area (TPSA) is 49.8 Å². The first-order valence-corrected chi connectivity index (χ1v) is 11.8. The zero-order chi connectivity index (χ0) is 22.6. The molecule has 0 spiro atoms. The number of aryl methyl sites for hydroxylation is 1. The lowest BCUT2D eigenvalue weighted by molar-refractivity contribution is -0.106. The fourth-order valence-electron chi connectivity index (χ4n) is 6.61. The minimum Gasteiger partial charge on any atom is -0.448 e.